The molecule has 1 aliphatic rings. The van der Waals surface area contributed by atoms with Crippen LogP contribution in [0, 0.1) is 0 Å². The third-order valence-electron chi connectivity index (χ3n) is 3.90. The van der Waals surface area contributed by atoms with E-state index in [4.69, 9.17) is 16.3 Å². The van der Waals surface area contributed by atoms with Crippen molar-refractivity contribution in [3.63, 3.8) is 0 Å². The summed E-state index contributed by atoms with van der Waals surface area (Å²) in [5, 5.41) is 2.55. The number of imide groups is 2. The lowest BCUT2D eigenvalue weighted by Crippen LogP contribution is -2.54. The number of amides is 4. The van der Waals surface area contributed by atoms with E-state index in [9.17, 15) is 14.4 Å². The Labute approximate surface area is 175 Å². The number of rotatable bonds is 5. The highest BCUT2D eigenvalue weighted by Crippen LogP contribution is 2.28. The number of carbonyl (C=O) groups excluding carboxylic acids is 3. The van der Waals surface area contributed by atoms with E-state index in [0.717, 1.165) is 15.8 Å². The van der Waals surface area contributed by atoms with Gasteiger partial charge in [-0.3, -0.25) is 14.9 Å². The van der Waals surface area contributed by atoms with Crippen LogP contribution >= 0.6 is 27.5 Å². The SMILES string of the molecule is CCCOc1ccc(Br)cc1/C=C1\C(=O)NC(=O)N(c2cccc(Cl)c2)C1=O. The summed E-state index contributed by atoms with van der Waals surface area (Å²) in [6.45, 7) is 2.47. The summed E-state index contributed by atoms with van der Waals surface area (Å²) in [7, 11) is 0. The molecular weight excluding hydrogens is 448 g/mol. The monoisotopic (exact) mass is 462 g/mol. The van der Waals surface area contributed by atoms with Crippen LogP contribution in [0.15, 0.2) is 52.5 Å². The molecule has 2 aromatic rings. The summed E-state index contributed by atoms with van der Waals surface area (Å²) in [6, 6.07) is 10.7. The van der Waals surface area contributed by atoms with Gasteiger partial charge in [0.25, 0.3) is 11.8 Å². The summed E-state index contributed by atoms with van der Waals surface area (Å²) >= 11 is 9.34. The van der Waals surface area contributed by atoms with E-state index in [1.807, 2.05) is 6.92 Å². The summed E-state index contributed by atoms with van der Waals surface area (Å²) in [5.41, 5.74) is 0.630. The molecule has 0 spiro atoms. The van der Waals surface area contributed by atoms with Crippen molar-refractivity contribution >= 4 is 57.1 Å². The fourth-order valence-corrected chi connectivity index (χ4v) is 3.20. The van der Waals surface area contributed by atoms with Crippen molar-refractivity contribution in [2.24, 2.45) is 0 Å². The molecule has 1 saturated heterocycles. The van der Waals surface area contributed by atoms with Crippen LogP contribution in [0.2, 0.25) is 5.02 Å². The number of carbonyl (C=O) groups is 3. The molecular formula is C20H16BrClN2O4. The minimum Gasteiger partial charge on any atom is -0.493 e. The normalized spacial score (nSPS) is 15.8. The van der Waals surface area contributed by atoms with Crippen LogP contribution in [0.4, 0.5) is 10.5 Å². The van der Waals surface area contributed by atoms with Gasteiger partial charge in [0.05, 0.1) is 12.3 Å². The van der Waals surface area contributed by atoms with Crippen molar-refractivity contribution < 1.29 is 19.1 Å². The minimum absolute atomic E-state index is 0.181. The molecule has 2 aromatic carbocycles. The maximum absolute atomic E-state index is 13.0. The van der Waals surface area contributed by atoms with E-state index >= 15 is 0 Å². The van der Waals surface area contributed by atoms with Crippen LogP contribution in [0.1, 0.15) is 18.9 Å². The molecule has 1 N–H and O–H groups in total. The molecule has 1 aliphatic heterocycles. The highest BCUT2D eigenvalue weighted by atomic mass is 79.9. The van der Waals surface area contributed by atoms with Crippen LogP contribution < -0.4 is 15.0 Å². The first-order chi connectivity index (χ1) is 13.4. The molecule has 28 heavy (non-hydrogen) atoms. The number of anilines is 1. The Kier molecular flexibility index (Phi) is 6.16. The average molecular weight is 464 g/mol. The largest absolute Gasteiger partial charge is 0.493 e. The Morgan fingerprint density at radius 2 is 1.96 bits per heavy atom. The second kappa shape index (κ2) is 8.58. The Morgan fingerprint density at radius 3 is 2.68 bits per heavy atom. The average Bonchev–Trinajstić information content (AvgIpc) is 2.64. The van der Waals surface area contributed by atoms with Crippen LogP contribution in [0.3, 0.4) is 0 Å². The molecule has 0 atom stereocenters. The first kappa shape index (κ1) is 20.1. The van der Waals surface area contributed by atoms with E-state index in [0.29, 0.717) is 22.9 Å². The maximum Gasteiger partial charge on any atom is 0.335 e. The Balaban J connectivity index is 2.03. The fraction of sp³-hybridized carbons (Fsp3) is 0.150. The quantitative estimate of drug-likeness (QED) is 0.521. The molecule has 1 fully saturated rings. The second-order valence-electron chi connectivity index (χ2n) is 5.97. The van der Waals surface area contributed by atoms with Crippen molar-refractivity contribution in [1.82, 2.24) is 5.32 Å². The lowest BCUT2D eigenvalue weighted by Gasteiger charge is -2.26. The number of nitrogens with zero attached hydrogens (tertiary/aromatic N) is 1. The van der Waals surface area contributed by atoms with Crippen LogP contribution in [-0.2, 0) is 9.59 Å². The third-order valence-corrected chi connectivity index (χ3v) is 4.63. The van der Waals surface area contributed by atoms with Gasteiger partial charge < -0.3 is 4.74 Å². The second-order valence-corrected chi connectivity index (χ2v) is 7.32. The van der Waals surface area contributed by atoms with Gasteiger partial charge in [-0.05, 0) is 48.9 Å². The minimum atomic E-state index is -0.828. The van der Waals surface area contributed by atoms with Crippen molar-refractivity contribution in [3.8, 4) is 5.75 Å². The summed E-state index contributed by atoms with van der Waals surface area (Å²) in [4.78, 5) is 38.4. The lowest BCUT2D eigenvalue weighted by molar-refractivity contribution is -0.122. The molecule has 3 rings (SSSR count). The molecule has 1 heterocycles. The molecule has 0 aliphatic carbocycles. The molecule has 0 saturated carbocycles. The van der Waals surface area contributed by atoms with Gasteiger partial charge in [0, 0.05) is 15.1 Å². The highest BCUT2D eigenvalue weighted by molar-refractivity contribution is 9.10. The molecule has 0 unspecified atom stereocenters. The number of hydrogen-bond acceptors (Lipinski definition) is 4. The van der Waals surface area contributed by atoms with Crippen LogP contribution in [-0.4, -0.2) is 24.5 Å². The van der Waals surface area contributed by atoms with Gasteiger partial charge in [-0.15, -0.1) is 0 Å². The first-order valence-corrected chi connectivity index (χ1v) is 9.67. The first-order valence-electron chi connectivity index (χ1n) is 8.50. The summed E-state index contributed by atoms with van der Waals surface area (Å²) in [6.07, 6.45) is 2.22. The van der Waals surface area contributed by atoms with Crippen LogP contribution in [0.5, 0.6) is 5.75 Å². The Hall–Kier alpha value is -2.64. The van der Waals surface area contributed by atoms with Crippen molar-refractivity contribution in [2.45, 2.75) is 13.3 Å². The number of benzene rings is 2. The molecule has 0 radical (unpaired) electrons. The number of halogens is 2. The fourth-order valence-electron chi connectivity index (χ4n) is 2.64. The standard InChI is InChI=1S/C20H16BrClN2O4/c1-2-8-28-17-7-6-13(21)9-12(17)10-16-18(25)23-20(27)24(19(16)26)15-5-3-4-14(22)11-15/h3-7,9-11H,2,8H2,1H3,(H,23,25,27)/b16-10+. The maximum atomic E-state index is 13.0. The number of barbiturate groups is 1. The predicted molar refractivity (Wildman–Crippen MR) is 110 cm³/mol. The number of nitrogens with one attached hydrogen (secondary N) is 1. The van der Waals surface area contributed by atoms with Gasteiger partial charge in [-0.1, -0.05) is 40.5 Å². The van der Waals surface area contributed by atoms with Crippen molar-refractivity contribution in [2.75, 3.05) is 11.5 Å². The zero-order chi connectivity index (χ0) is 20.3. The van der Waals surface area contributed by atoms with Crippen molar-refractivity contribution in [1.29, 1.82) is 0 Å². The third kappa shape index (κ3) is 4.26. The van der Waals surface area contributed by atoms with E-state index in [1.165, 1.54) is 12.1 Å². The van der Waals surface area contributed by atoms with Gasteiger partial charge in [-0.25, -0.2) is 9.69 Å². The molecule has 8 heteroatoms. The predicted octanol–water partition coefficient (Wildman–Crippen LogP) is 4.56. The topological polar surface area (TPSA) is 75.7 Å². The zero-order valence-electron chi connectivity index (χ0n) is 14.9. The summed E-state index contributed by atoms with van der Waals surface area (Å²) < 4.78 is 6.45. The summed E-state index contributed by atoms with van der Waals surface area (Å²) in [5.74, 6) is -0.975. The number of hydrogen-bond donors (Lipinski definition) is 1. The van der Waals surface area contributed by atoms with Crippen LogP contribution in [0.25, 0.3) is 6.08 Å². The van der Waals surface area contributed by atoms with E-state index in [1.54, 1.807) is 36.4 Å². The van der Waals surface area contributed by atoms with Gasteiger partial charge in [0.2, 0.25) is 0 Å². The van der Waals surface area contributed by atoms with Crippen molar-refractivity contribution in [3.05, 3.63) is 63.1 Å². The van der Waals surface area contributed by atoms with Gasteiger partial charge in [-0.2, -0.15) is 0 Å². The van der Waals surface area contributed by atoms with Gasteiger partial charge >= 0.3 is 6.03 Å². The van der Waals surface area contributed by atoms with E-state index in [-0.39, 0.29) is 11.3 Å². The Morgan fingerprint density at radius 1 is 1.18 bits per heavy atom. The molecule has 144 valence electrons. The molecule has 0 bridgehead atoms. The van der Waals surface area contributed by atoms with E-state index < -0.39 is 17.8 Å². The van der Waals surface area contributed by atoms with E-state index in [2.05, 4.69) is 21.2 Å². The molecule has 0 aromatic heterocycles. The van der Waals surface area contributed by atoms with Gasteiger partial charge in [0.1, 0.15) is 11.3 Å². The molecule has 4 amide bonds. The van der Waals surface area contributed by atoms with Gasteiger partial charge in [0.15, 0.2) is 0 Å². The number of ether oxygens (including phenoxy) is 1. The lowest BCUT2D eigenvalue weighted by atomic mass is 10.1. The Bertz CT molecular complexity index is 990. The molecule has 6 nitrogen and oxygen atoms in total. The number of urea groups is 1. The smallest absolute Gasteiger partial charge is 0.335 e. The highest BCUT2D eigenvalue weighted by Gasteiger charge is 2.37. The zero-order valence-corrected chi connectivity index (χ0v) is 17.2.